The van der Waals surface area contributed by atoms with Gasteiger partial charge in [-0.15, -0.1) is 0 Å². The Hall–Kier alpha value is -1.59. The lowest BCUT2D eigenvalue weighted by molar-refractivity contribution is -0.167. The first-order valence-electron chi connectivity index (χ1n) is 29.4. The van der Waals surface area contributed by atoms with E-state index >= 15 is 0 Å². The lowest BCUT2D eigenvalue weighted by Gasteiger charge is -2.18. The first-order valence-corrected chi connectivity index (χ1v) is 29.4. The van der Waals surface area contributed by atoms with E-state index in [1.165, 1.54) is 231 Å². The molecule has 0 aromatic heterocycles. The Bertz CT molecular complexity index is 980. The normalized spacial score (nSPS) is 12.0. The monoisotopic (exact) mass is 919 g/mol. The first kappa shape index (κ1) is 63.4. The second kappa shape index (κ2) is 53.4. The number of rotatable bonds is 54. The molecule has 1 atom stereocenters. The summed E-state index contributed by atoms with van der Waals surface area (Å²) in [4.78, 5) is 38.1. The van der Waals surface area contributed by atoms with Crippen molar-refractivity contribution in [2.75, 3.05) is 13.2 Å². The number of carbonyl (C=O) groups is 3. The fourth-order valence-electron chi connectivity index (χ4n) is 9.10. The van der Waals surface area contributed by atoms with Crippen LogP contribution in [0.2, 0.25) is 0 Å². The predicted octanol–water partition coefficient (Wildman–Crippen LogP) is 19.4. The van der Waals surface area contributed by atoms with Crippen LogP contribution in [0.1, 0.15) is 336 Å². The van der Waals surface area contributed by atoms with Crippen molar-refractivity contribution in [2.45, 2.75) is 342 Å². The van der Waals surface area contributed by atoms with E-state index in [9.17, 15) is 14.4 Å². The molecule has 0 heterocycles. The Morgan fingerprint density at radius 2 is 0.508 bits per heavy atom. The van der Waals surface area contributed by atoms with E-state index in [1.807, 2.05) is 0 Å². The molecule has 0 unspecified atom stereocenters. The van der Waals surface area contributed by atoms with Crippen LogP contribution in [0.5, 0.6) is 0 Å². The molecule has 6 nitrogen and oxygen atoms in total. The van der Waals surface area contributed by atoms with Crippen molar-refractivity contribution in [3.05, 3.63) is 0 Å². The van der Waals surface area contributed by atoms with Gasteiger partial charge >= 0.3 is 17.9 Å². The van der Waals surface area contributed by atoms with Crippen molar-refractivity contribution in [1.82, 2.24) is 0 Å². The van der Waals surface area contributed by atoms with Crippen LogP contribution in [-0.4, -0.2) is 37.2 Å². The van der Waals surface area contributed by atoms with E-state index in [4.69, 9.17) is 14.2 Å². The van der Waals surface area contributed by atoms with Crippen molar-refractivity contribution in [1.29, 1.82) is 0 Å². The minimum absolute atomic E-state index is 0.0629. The molecule has 0 rings (SSSR count). The number of ether oxygens (including phenoxy) is 3. The molecule has 0 N–H and O–H groups in total. The van der Waals surface area contributed by atoms with Crippen LogP contribution in [0, 0.1) is 5.92 Å². The topological polar surface area (TPSA) is 78.9 Å². The summed E-state index contributed by atoms with van der Waals surface area (Å²) in [7, 11) is 0. The van der Waals surface area contributed by atoms with Crippen LogP contribution in [0.3, 0.4) is 0 Å². The summed E-state index contributed by atoms with van der Waals surface area (Å²) in [5.74, 6) is -0.0622. The second-order valence-electron chi connectivity index (χ2n) is 20.8. The number of hydrogen-bond donors (Lipinski definition) is 0. The number of esters is 3. The fourth-order valence-corrected chi connectivity index (χ4v) is 9.10. The van der Waals surface area contributed by atoms with Crippen molar-refractivity contribution in [2.24, 2.45) is 5.92 Å². The van der Waals surface area contributed by atoms with E-state index < -0.39 is 6.10 Å². The summed E-state index contributed by atoms with van der Waals surface area (Å²) >= 11 is 0. The van der Waals surface area contributed by atoms with Gasteiger partial charge in [-0.25, -0.2) is 0 Å². The summed E-state index contributed by atoms with van der Waals surface area (Å²) in [5.41, 5.74) is 0. The number of carbonyl (C=O) groups excluding carboxylic acids is 3. The molecule has 0 saturated heterocycles. The van der Waals surface area contributed by atoms with E-state index in [-0.39, 0.29) is 31.1 Å². The Labute approximate surface area is 406 Å². The highest BCUT2D eigenvalue weighted by Crippen LogP contribution is 2.18. The van der Waals surface area contributed by atoms with Crippen LogP contribution < -0.4 is 0 Å². The van der Waals surface area contributed by atoms with E-state index in [1.54, 1.807) is 0 Å². The molecule has 0 aromatic carbocycles. The molecule has 0 bridgehead atoms. The van der Waals surface area contributed by atoms with Gasteiger partial charge in [-0.1, -0.05) is 297 Å². The summed E-state index contributed by atoms with van der Waals surface area (Å²) in [6, 6.07) is 0. The van der Waals surface area contributed by atoms with Gasteiger partial charge in [0.25, 0.3) is 0 Å². The van der Waals surface area contributed by atoms with Crippen molar-refractivity contribution in [3.63, 3.8) is 0 Å². The Morgan fingerprint density at radius 3 is 0.754 bits per heavy atom. The SMILES string of the molecule is CCCCCCCCCCCCCCCCCCCCCC(=O)OC[C@H](COC(=O)CCCCCCCCCCCCCCCCCCCC)OC(=O)CCCCCCCCCC(C)C. The lowest BCUT2D eigenvalue weighted by atomic mass is 10.0. The Balaban J connectivity index is 4.19. The average Bonchev–Trinajstić information content (AvgIpc) is 3.29. The maximum absolute atomic E-state index is 12.8. The zero-order chi connectivity index (χ0) is 47.4. The summed E-state index contributed by atoms with van der Waals surface area (Å²) in [6.07, 6.45) is 58.3. The Morgan fingerprint density at radius 1 is 0.292 bits per heavy atom. The first-order chi connectivity index (χ1) is 31.9. The highest BCUT2D eigenvalue weighted by Gasteiger charge is 2.19. The van der Waals surface area contributed by atoms with Gasteiger partial charge < -0.3 is 14.2 Å². The summed E-state index contributed by atoms with van der Waals surface area (Å²) < 4.78 is 16.9. The van der Waals surface area contributed by atoms with Crippen molar-refractivity contribution >= 4 is 17.9 Å². The molecule has 0 aliphatic heterocycles. The van der Waals surface area contributed by atoms with Gasteiger partial charge in [0.05, 0.1) is 0 Å². The van der Waals surface area contributed by atoms with Crippen molar-refractivity contribution in [3.8, 4) is 0 Å². The van der Waals surface area contributed by atoms with Crippen LogP contribution in [0.25, 0.3) is 0 Å². The predicted molar refractivity (Wildman–Crippen MR) is 280 cm³/mol. The van der Waals surface area contributed by atoms with Gasteiger partial charge in [0.15, 0.2) is 6.10 Å². The molecule has 0 aliphatic rings. The summed E-state index contributed by atoms with van der Waals surface area (Å²) in [6.45, 7) is 9.01. The van der Waals surface area contributed by atoms with Gasteiger partial charge in [0.1, 0.15) is 13.2 Å². The van der Waals surface area contributed by atoms with Crippen molar-refractivity contribution < 1.29 is 28.6 Å². The smallest absolute Gasteiger partial charge is 0.306 e. The van der Waals surface area contributed by atoms with Gasteiger partial charge in [-0.05, 0) is 25.2 Å². The molecule has 6 heteroatoms. The zero-order valence-electron chi connectivity index (χ0n) is 44.5. The molecule has 0 aliphatic carbocycles. The molecule has 386 valence electrons. The molecule has 0 amide bonds. The van der Waals surface area contributed by atoms with Gasteiger partial charge in [0, 0.05) is 19.3 Å². The zero-order valence-corrected chi connectivity index (χ0v) is 44.5. The minimum atomic E-state index is -0.762. The molecule has 0 spiro atoms. The molecule has 0 radical (unpaired) electrons. The van der Waals surface area contributed by atoms with E-state index in [0.717, 1.165) is 63.7 Å². The maximum Gasteiger partial charge on any atom is 0.306 e. The third-order valence-corrected chi connectivity index (χ3v) is 13.5. The second-order valence-corrected chi connectivity index (χ2v) is 20.8. The third-order valence-electron chi connectivity index (χ3n) is 13.5. The van der Waals surface area contributed by atoms with E-state index in [2.05, 4.69) is 27.7 Å². The van der Waals surface area contributed by atoms with Crippen LogP contribution >= 0.6 is 0 Å². The standard InChI is InChI=1S/C59H114O6/c1-5-7-9-11-13-15-17-19-21-23-25-27-29-31-33-35-39-43-47-51-58(61)64-54-56(65-59(62)52-48-44-40-36-37-41-45-49-55(3)4)53-63-57(60)50-46-42-38-34-32-30-28-26-24-22-20-18-16-14-12-10-8-6-2/h55-56H,5-54H2,1-4H3/t56-/m0/s1. The highest BCUT2D eigenvalue weighted by molar-refractivity contribution is 5.71. The molecular formula is C59H114O6. The molecule has 0 saturated carbocycles. The molecule has 65 heavy (non-hydrogen) atoms. The van der Waals surface area contributed by atoms with Gasteiger partial charge in [0.2, 0.25) is 0 Å². The minimum Gasteiger partial charge on any atom is -0.462 e. The third kappa shape index (κ3) is 53.2. The molecule has 0 fully saturated rings. The Kier molecular flexibility index (Phi) is 52.1. The maximum atomic E-state index is 12.8. The fraction of sp³-hybridized carbons (Fsp3) is 0.949. The number of unbranched alkanes of at least 4 members (excludes halogenated alkanes) is 41. The average molecular weight is 920 g/mol. The largest absolute Gasteiger partial charge is 0.462 e. The van der Waals surface area contributed by atoms with Crippen LogP contribution in [0.15, 0.2) is 0 Å². The molecular weight excluding hydrogens is 805 g/mol. The summed E-state index contributed by atoms with van der Waals surface area (Å²) in [5, 5.41) is 0. The lowest BCUT2D eigenvalue weighted by Crippen LogP contribution is -2.30. The number of hydrogen-bond acceptors (Lipinski definition) is 6. The quantitative estimate of drug-likeness (QED) is 0.0344. The molecule has 0 aromatic rings. The van der Waals surface area contributed by atoms with E-state index in [0.29, 0.717) is 19.3 Å². The van der Waals surface area contributed by atoms with Gasteiger partial charge in [-0.2, -0.15) is 0 Å². The van der Waals surface area contributed by atoms with Crippen LogP contribution in [-0.2, 0) is 28.6 Å². The van der Waals surface area contributed by atoms with Gasteiger partial charge in [-0.3, -0.25) is 14.4 Å². The van der Waals surface area contributed by atoms with Crippen LogP contribution in [0.4, 0.5) is 0 Å². The highest BCUT2D eigenvalue weighted by atomic mass is 16.6.